The number of hydrogen-bond donors (Lipinski definition) is 1. The molecule has 0 aliphatic rings. The summed E-state index contributed by atoms with van der Waals surface area (Å²) in [4.78, 5) is 22.0. The third kappa shape index (κ3) is 6.04. The predicted octanol–water partition coefficient (Wildman–Crippen LogP) is 3.75. The lowest BCUT2D eigenvalue weighted by Gasteiger charge is -2.03. The van der Waals surface area contributed by atoms with E-state index in [1.807, 2.05) is 18.2 Å². The Morgan fingerprint density at radius 1 is 1.08 bits per heavy atom. The molecule has 2 rings (SSSR count). The average Bonchev–Trinajstić information content (AvgIpc) is 2.61. The Bertz CT molecular complexity index is 712. The van der Waals surface area contributed by atoms with Gasteiger partial charge >= 0.3 is 0 Å². The Morgan fingerprint density at radius 2 is 1.88 bits per heavy atom. The minimum absolute atomic E-state index is 0.0125. The van der Waals surface area contributed by atoms with Gasteiger partial charge in [-0.15, -0.1) is 0 Å². The second-order valence-electron chi connectivity index (χ2n) is 5.42. The Kier molecular flexibility index (Phi) is 6.71. The highest BCUT2D eigenvalue weighted by atomic mass is 16.6. The van der Waals surface area contributed by atoms with Crippen LogP contribution < -0.4 is 5.32 Å². The van der Waals surface area contributed by atoms with E-state index >= 15 is 0 Å². The van der Waals surface area contributed by atoms with Gasteiger partial charge < -0.3 is 5.32 Å². The molecule has 0 heterocycles. The van der Waals surface area contributed by atoms with Gasteiger partial charge in [0.25, 0.3) is 5.69 Å². The Morgan fingerprint density at radius 3 is 2.62 bits per heavy atom. The standard InChI is InChI=1S/C19H20N2O3/c22-19(13-12-17-10-6-11-18(15-17)21(23)24)20-14-5-4-9-16-7-2-1-3-8-16/h1-3,6-8,10-13,15H,4-5,9,14H2,(H,20,22)/b13-12+. The van der Waals surface area contributed by atoms with Crippen LogP contribution in [-0.2, 0) is 11.2 Å². The number of hydrogen-bond acceptors (Lipinski definition) is 3. The minimum Gasteiger partial charge on any atom is -0.353 e. The molecule has 124 valence electrons. The number of carbonyl (C=O) groups is 1. The maximum absolute atomic E-state index is 11.7. The summed E-state index contributed by atoms with van der Waals surface area (Å²) in [5.74, 6) is -0.193. The first-order valence-electron chi connectivity index (χ1n) is 7.89. The first-order valence-corrected chi connectivity index (χ1v) is 7.89. The SMILES string of the molecule is O=C(/C=C/c1cccc([N+](=O)[O-])c1)NCCCCc1ccccc1. The first kappa shape index (κ1) is 17.4. The zero-order valence-corrected chi connectivity index (χ0v) is 13.4. The zero-order valence-electron chi connectivity index (χ0n) is 13.4. The van der Waals surface area contributed by atoms with Crippen molar-refractivity contribution >= 4 is 17.7 Å². The van der Waals surface area contributed by atoms with Crippen molar-refractivity contribution in [3.63, 3.8) is 0 Å². The molecular weight excluding hydrogens is 304 g/mol. The second-order valence-corrected chi connectivity index (χ2v) is 5.42. The number of non-ortho nitro benzene ring substituents is 1. The Hall–Kier alpha value is -2.95. The monoisotopic (exact) mass is 324 g/mol. The van der Waals surface area contributed by atoms with Crippen LogP contribution >= 0.6 is 0 Å². The average molecular weight is 324 g/mol. The van der Waals surface area contributed by atoms with E-state index < -0.39 is 4.92 Å². The number of unbranched alkanes of at least 4 members (excludes halogenated alkanes) is 1. The fourth-order valence-corrected chi connectivity index (χ4v) is 2.28. The molecule has 0 unspecified atom stereocenters. The van der Waals surface area contributed by atoms with Crippen molar-refractivity contribution in [3.8, 4) is 0 Å². The molecule has 0 saturated heterocycles. The van der Waals surface area contributed by atoms with Crippen LogP contribution in [0.5, 0.6) is 0 Å². The highest BCUT2D eigenvalue weighted by Crippen LogP contribution is 2.14. The molecule has 0 spiro atoms. The lowest BCUT2D eigenvalue weighted by Crippen LogP contribution is -2.22. The molecule has 0 aliphatic heterocycles. The fourth-order valence-electron chi connectivity index (χ4n) is 2.28. The van der Waals surface area contributed by atoms with Crippen LogP contribution in [0.4, 0.5) is 5.69 Å². The largest absolute Gasteiger partial charge is 0.353 e. The van der Waals surface area contributed by atoms with Crippen LogP contribution in [0, 0.1) is 10.1 Å². The van der Waals surface area contributed by atoms with Crippen LogP contribution in [0.1, 0.15) is 24.0 Å². The van der Waals surface area contributed by atoms with Gasteiger partial charge in [0.05, 0.1) is 4.92 Å². The summed E-state index contributed by atoms with van der Waals surface area (Å²) in [5.41, 5.74) is 1.94. The van der Waals surface area contributed by atoms with E-state index in [4.69, 9.17) is 0 Å². The quantitative estimate of drug-likeness (QED) is 0.348. The van der Waals surface area contributed by atoms with Gasteiger partial charge in [-0.3, -0.25) is 14.9 Å². The number of nitrogens with zero attached hydrogens (tertiary/aromatic N) is 1. The van der Waals surface area contributed by atoms with E-state index in [2.05, 4.69) is 17.4 Å². The molecule has 5 heteroatoms. The summed E-state index contributed by atoms with van der Waals surface area (Å²) < 4.78 is 0. The number of amides is 1. The van der Waals surface area contributed by atoms with Gasteiger partial charge in [-0.05, 0) is 36.5 Å². The van der Waals surface area contributed by atoms with Crippen molar-refractivity contribution < 1.29 is 9.72 Å². The molecule has 0 radical (unpaired) electrons. The Balaban J connectivity index is 1.69. The lowest BCUT2D eigenvalue weighted by atomic mass is 10.1. The van der Waals surface area contributed by atoms with E-state index in [1.54, 1.807) is 18.2 Å². The maximum Gasteiger partial charge on any atom is 0.270 e. The number of nitro groups is 1. The van der Waals surface area contributed by atoms with Gasteiger partial charge in [0, 0.05) is 24.8 Å². The zero-order chi connectivity index (χ0) is 17.2. The minimum atomic E-state index is -0.454. The van der Waals surface area contributed by atoms with E-state index in [0.29, 0.717) is 12.1 Å². The number of aryl methyl sites for hydroxylation is 1. The molecule has 0 atom stereocenters. The molecule has 24 heavy (non-hydrogen) atoms. The number of nitrogens with one attached hydrogen (secondary N) is 1. The molecule has 0 aromatic heterocycles. The fraction of sp³-hybridized carbons (Fsp3) is 0.211. The van der Waals surface area contributed by atoms with E-state index in [9.17, 15) is 14.9 Å². The molecule has 0 bridgehead atoms. The van der Waals surface area contributed by atoms with Crippen LogP contribution in [0.25, 0.3) is 6.08 Å². The van der Waals surface area contributed by atoms with Gasteiger partial charge in [-0.1, -0.05) is 42.5 Å². The smallest absolute Gasteiger partial charge is 0.270 e. The first-order chi connectivity index (χ1) is 11.6. The number of nitro benzene ring substituents is 1. The van der Waals surface area contributed by atoms with Gasteiger partial charge in [0.2, 0.25) is 5.91 Å². The highest BCUT2D eigenvalue weighted by Gasteiger charge is 2.04. The summed E-state index contributed by atoms with van der Waals surface area (Å²) in [6.07, 6.45) is 5.90. The molecule has 2 aromatic rings. The van der Waals surface area contributed by atoms with Gasteiger partial charge in [0.1, 0.15) is 0 Å². The van der Waals surface area contributed by atoms with Crippen molar-refractivity contribution in [2.24, 2.45) is 0 Å². The molecular formula is C19H20N2O3. The van der Waals surface area contributed by atoms with Crippen molar-refractivity contribution in [1.29, 1.82) is 0 Å². The van der Waals surface area contributed by atoms with Crippen LogP contribution in [0.15, 0.2) is 60.7 Å². The molecule has 1 N–H and O–H groups in total. The molecule has 0 saturated carbocycles. The summed E-state index contributed by atoms with van der Waals surface area (Å²) in [6, 6.07) is 16.4. The number of rotatable bonds is 8. The van der Waals surface area contributed by atoms with Crippen molar-refractivity contribution in [2.45, 2.75) is 19.3 Å². The molecule has 0 fully saturated rings. The second kappa shape index (κ2) is 9.25. The van der Waals surface area contributed by atoms with Crippen molar-refractivity contribution in [1.82, 2.24) is 5.32 Å². The van der Waals surface area contributed by atoms with Crippen LogP contribution in [-0.4, -0.2) is 17.4 Å². The number of benzene rings is 2. The third-order valence-corrected chi connectivity index (χ3v) is 3.54. The van der Waals surface area contributed by atoms with Crippen LogP contribution in [0.2, 0.25) is 0 Å². The Labute approximate surface area is 141 Å². The molecule has 1 amide bonds. The number of carbonyl (C=O) groups excluding carboxylic acids is 1. The summed E-state index contributed by atoms with van der Waals surface area (Å²) >= 11 is 0. The van der Waals surface area contributed by atoms with Crippen molar-refractivity contribution in [2.75, 3.05) is 6.54 Å². The van der Waals surface area contributed by atoms with E-state index in [-0.39, 0.29) is 11.6 Å². The molecule has 0 aliphatic carbocycles. The highest BCUT2D eigenvalue weighted by molar-refractivity contribution is 5.91. The van der Waals surface area contributed by atoms with Crippen LogP contribution in [0.3, 0.4) is 0 Å². The summed E-state index contributed by atoms with van der Waals surface area (Å²) in [6.45, 7) is 0.616. The van der Waals surface area contributed by atoms with Gasteiger partial charge in [0.15, 0.2) is 0 Å². The summed E-state index contributed by atoms with van der Waals surface area (Å²) in [5, 5.41) is 13.5. The summed E-state index contributed by atoms with van der Waals surface area (Å²) in [7, 11) is 0. The third-order valence-electron chi connectivity index (χ3n) is 3.54. The topological polar surface area (TPSA) is 72.2 Å². The van der Waals surface area contributed by atoms with Gasteiger partial charge in [-0.25, -0.2) is 0 Å². The van der Waals surface area contributed by atoms with E-state index in [1.165, 1.54) is 23.8 Å². The van der Waals surface area contributed by atoms with E-state index in [0.717, 1.165) is 19.3 Å². The maximum atomic E-state index is 11.7. The predicted molar refractivity (Wildman–Crippen MR) is 94.5 cm³/mol. The molecule has 5 nitrogen and oxygen atoms in total. The van der Waals surface area contributed by atoms with Gasteiger partial charge in [-0.2, -0.15) is 0 Å². The normalized spacial score (nSPS) is 10.7. The molecule has 2 aromatic carbocycles. The van der Waals surface area contributed by atoms with Crippen molar-refractivity contribution in [3.05, 3.63) is 81.9 Å². The lowest BCUT2D eigenvalue weighted by molar-refractivity contribution is -0.384.